The van der Waals surface area contributed by atoms with Crippen molar-refractivity contribution < 1.29 is 14.3 Å². The average molecular weight is 510 g/mol. The predicted molar refractivity (Wildman–Crippen MR) is 148 cm³/mol. The van der Waals surface area contributed by atoms with Crippen LogP contribution >= 0.6 is 11.8 Å². The van der Waals surface area contributed by atoms with Crippen LogP contribution in [0.25, 0.3) is 22.4 Å². The Morgan fingerprint density at radius 1 is 0.973 bits per heavy atom. The molecule has 0 saturated carbocycles. The smallest absolute Gasteiger partial charge is 0.237 e. The summed E-state index contributed by atoms with van der Waals surface area (Å²) in [5, 5.41) is 13.2. The maximum Gasteiger partial charge on any atom is 0.237 e. The highest BCUT2D eigenvalue weighted by Gasteiger charge is 2.23. The Hall–Kier alpha value is -4.28. The number of ether oxygens (including phenoxy) is 2. The first-order chi connectivity index (χ1) is 17.9. The molecule has 1 N–H and O–H groups in total. The second-order valence-corrected chi connectivity index (χ2v) is 9.70. The largest absolute Gasteiger partial charge is 0.493 e. The van der Waals surface area contributed by atoms with Crippen LogP contribution in [0.1, 0.15) is 18.1 Å². The lowest BCUT2D eigenvalue weighted by atomic mass is 9.98. The van der Waals surface area contributed by atoms with Crippen molar-refractivity contribution in [2.45, 2.75) is 24.1 Å². The molecular weight excluding hydrogens is 482 g/mol. The molecule has 0 saturated heterocycles. The summed E-state index contributed by atoms with van der Waals surface area (Å²) in [6.07, 6.45) is 0. The molecule has 0 radical (unpaired) electrons. The Labute approximate surface area is 221 Å². The number of benzene rings is 3. The van der Waals surface area contributed by atoms with Gasteiger partial charge in [0.2, 0.25) is 5.91 Å². The molecule has 1 aromatic heterocycles. The number of aromatic nitrogens is 1. The number of thioether (sulfide) groups is 1. The van der Waals surface area contributed by atoms with Gasteiger partial charge in [0, 0.05) is 22.4 Å². The molecule has 0 aliphatic heterocycles. The van der Waals surface area contributed by atoms with E-state index in [-0.39, 0.29) is 5.91 Å². The number of hydrogen-bond donors (Lipinski definition) is 1. The van der Waals surface area contributed by atoms with Gasteiger partial charge in [0.15, 0.2) is 11.5 Å². The van der Waals surface area contributed by atoms with Gasteiger partial charge in [-0.05, 0) is 43.7 Å². The molecule has 0 spiro atoms. The molecule has 6 nitrogen and oxygen atoms in total. The molecule has 3 aromatic carbocycles. The van der Waals surface area contributed by atoms with Gasteiger partial charge in [-0.3, -0.25) is 4.79 Å². The van der Waals surface area contributed by atoms with Crippen molar-refractivity contribution >= 4 is 23.4 Å². The van der Waals surface area contributed by atoms with Crippen LogP contribution in [0.3, 0.4) is 0 Å². The third-order valence-electron chi connectivity index (χ3n) is 5.80. The number of pyridine rings is 1. The quantitative estimate of drug-likeness (QED) is 0.265. The van der Waals surface area contributed by atoms with Crippen LogP contribution in [0.2, 0.25) is 0 Å². The predicted octanol–water partition coefficient (Wildman–Crippen LogP) is 6.73. The number of nitriles is 1. The van der Waals surface area contributed by atoms with E-state index in [2.05, 4.69) is 11.4 Å². The summed E-state index contributed by atoms with van der Waals surface area (Å²) in [4.78, 5) is 17.9. The number of amides is 1. The third-order valence-corrected chi connectivity index (χ3v) is 6.89. The van der Waals surface area contributed by atoms with Gasteiger partial charge in [-0.25, -0.2) is 4.98 Å². The highest BCUT2D eigenvalue weighted by atomic mass is 32.2. The number of hydrogen-bond acceptors (Lipinski definition) is 6. The molecule has 4 rings (SSSR count). The van der Waals surface area contributed by atoms with E-state index in [1.807, 2.05) is 79.7 Å². The molecule has 186 valence electrons. The van der Waals surface area contributed by atoms with Gasteiger partial charge < -0.3 is 14.8 Å². The van der Waals surface area contributed by atoms with Crippen LogP contribution in [-0.2, 0) is 4.79 Å². The van der Waals surface area contributed by atoms with Crippen molar-refractivity contribution in [1.29, 1.82) is 5.26 Å². The minimum absolute atomic E-state index is 0.174. The van der Waals surface area contributed by atoms with Crippen LogP contribution in [0.15, 0.2) is 83.9 Å². The number of rotatable bonds is 8. The van der Waals surface area contributed by atoms with Crippen molar-refractivity contribution in [3.8, 4) is 40.0 Å². The molecule has 1 heterocycles. The Morgan fingerprint density at radius 3 is 2.41 bits per heavy atom. The monoisotopic (exact) mass is 509 g/mol. The number of carbonyl (C=O) groups is 1. The SMILES string of the molecule is COc1cccc(-c2cc(-c3ccccc3)nc(SC(C)C(=O)Nc3cccc(C)c3)c2C#N)c1OC. The Balaban J connectivity index is 1.80. The standard InChI is InChI=1S/C30H27N3O3S/c1-19-10-8-13-22(16-19)32-29(34)20(2)37-30-25(18-31)24(17-26(33-30)21-11-6-5-7-12-21)23-14-9-15-27(35-3)28(23)36-4/h5-17,20H,1-4H3,(H,32,34). The molecule has 0 aliphatic carbocycles. The number of para-hydroxylation sites is 1. The Morgan fingerprint density at radius 2 is 1.73 bits per heavy atom. The van der Waals surface area contributed by atoms with Crippen molar-refractivity contribution in [3.63, 3.8) is 0 Å². The summed E-state index contributed by atoms with van der Waals surface area (Å²) in [5.74, 6) is 0.905. The summed E-state index contributed by atoms with van der Waals surface area (Å²) in [6, 6.07) is 27.1. The topological polar surface area (TPSA) is 84.2 Å². The van der Waals surface area contributed by atoms with Gasteiger partial charge in [-0.2, -0.15) is 5.26 Å². The molecule has 1 atom stereocenters. The first kappa shape index (κ1) is 25.8. The maximum atomic E-state index is 13.0. The minimum atomic E-state index is -0.508. The fraction of sp³-hybridized carbons (Fsp3) is 0.167. The van der Waals surface area contributed by atoms with E-state index in [0.717, 1.165) is 16.8 Å². The van der Waals surface area contributed by atoms with Crippen LogP contribution in [0.5, 0.6) is 11.5 Å². The van der Waals surface area contributed by atoms with Gasteiger partial charge in [0.25, 0.3) is 0 Å². The summed E-state index contributed by atoms with van der Waals surface area (Å²) in [6.45, 7) is 3.78. The first-order valence-corrected chi connectivity index (χ1v) is 12.6. The average Bonchev–Trinajstić information content (AvgIpc) is 2.92. The molecule has 37 heavy (non-hydrogen) atoms. The lowest BCUT2D eigenvalue weighted by molar-refractivity contribution is -0.115. The van der Waals surface area contributed by atoms with Crippen molar-refractivity contribution in [2.24, 2.45) is 0 Å². The number of aryl methyl sites for hydroxylation is 1. The molecule has 0 bridgehead atoms. The van der Waals surface area contributed by atoms with Crippen LogP contribution in [0, 0.1) is 18.3 Å². The number of methoxy groups -OCH3 is 2. The Bertz CT molecular complexity index is 1470. The van der Waals surface area contributed by atoms with Crippen LogP contribution in [0.4, 0.5) is 5.69 Å². The molecule has 1 amide bonds. The van der Waals surface area contributed by atoms with Crippen molar-refractivity contribution in [1.82, 2.24) is 4.98 Å². The summed E-state index contributed by atoms with van der Waals surface area (Å²) in [7, 11) is 3.14. The fourth-order valence-corrected chi connectivity index (χ4v) is 4.90. The van der Waals surface area contributed by atoms with E-state index in [4.69, 9.17) is 14.5 Å². The molecule has 4 aromatic rings. The van der Waals surface area contributed by atoms with Crippen molar-refractivity contribution in [3.05, 3.63) is 90.0 Å². The third kappa shape index (κ3) is 5.76. The lowest BCUT2D eigenvalue weighted by Gasteiger charge is -2.18. The molecule has 7 heteroatoms. The second-order valence-electron chi connectivity index (χ2n) is 8.37. The van der Waals surface area contributed by atoms with E-state index in [1.54, 1.807) is 27.2 Å². The molecule has 1 unspecified atom stereocenters. The van der Waals surface area contributed by atoms with Crippen molar-refractivity contribution in [2.75, 3.05) is 19.5 Å². The zero-order chi connectivity index (χ0) is 26.4. The van der Waals surface area contributed by atoms with E-state index < -0.39 is 5.25 Å². The highest BCUT2D eigenvalue weighted by molar-refractivity contribution is 8.00. The zero-order valence-electron chi connectivity index (χ0n) is 21.1. The van der Waals surface area contributed by atoms with Gasteiger partial charge in [0.05, 0.1) is 30.7 Å². The number of carbonyl (C=O) groups excluding carboxylic acids is 1. The molecule has 0 aliphatic rings. The summed E-state index contributed by atoms with van der Waals surface area (Å²) in [5.41, 5.74) is 5.09. The number of nitrogens with one attached hydrogen (secondary N) is 1. The minimum Gasteiger partial charge on any atom is -0.493 e. The Kier molecular flexibility index (Phi) is 8.11. The number of nitrogens with zero attached hydrogens (tertiary/aromatic N) is 2. The van der Waals surface area contributed by atoms with E-state index in [1.165, 1.54) is 11.8 Å². The second kappa shape index (κ2) is 11.6. The maximum absolute atomic E-state index is 13.0. The van der Waals surface area contributed by atoms with Gasteiger partial charge in [-0.15, -0.1) is 0 Å². The van der Waals surface area contributed by atoms with Gasteiger partial charge in [-0.1, -0.05) is 66.4 Å². The highest BCUT2D eigenvalue weighted by Crippen LogP contribution is 2.42. The zero-order valence-corrected chi connectivity index (χ0v) is 21.9. The molecule has 0 fully saturated rings. The lowest BCUT2D eigenvalue weighted by Crippen LogP contribution is -2.22. The van der Waals surface area contributed by atoms with Crippen LogP contribution < -0.4 is 14.8 Å². The normalized spacial score (nSPS) is 11.3. The van der Waals surface area contributed by atoms with Gasteiger partial charge >= 0.3 is 0 Å². The first-order valence-electron chi connectivity index (χ1n) is 11.7. The van der Waals surface area contributed by atoms with E-state index in [0.29, 0.717) is 38.9 Å². The fourth-order valence-electron chi connectivity index (χ4n) is 3.97. The molecular formula is C30H27N3O3S. The number of anilines is 1. The van der Waals surface area contributed by atoms with E-state index >= 15 is 0 Å². The van der Waals surface area contributed by atoms with Gasteiger partial charge in [0.1, 0.15) is 11.1 Å². The van der Waals surface area contributed by atoms with Crippen LogP contribution in [-0.4, -0.2) is 30.4 Å². The summed E-state index contributed by atoms with van der Waals surface area (Å²) < 4.78 is 11.2. The summed E-state index contributed by atoms with van der Waals surface area (Å²) >= 11 is 1.25. The van der Waals surface area contributed by atoms with E-state index in [9.17, 15) is 10.1 Å².